The number of nitrogens with one attached hydrogen (secondary N) is 1. The molecule has 2 aromatic carbocycles. The van der Waals surface area contributed by atoms with Gasteiger partial charge in [-0.15, -0.1) is 0 Å². The van der Waals surface area contributed by atoms with E-state index in [2.05, 4.69) is 15.2 Å². The largest absolute Gasteiger partial charge is 0.486 e. The third-order valence-electron chi connectivity index (χ3n) is 5.50. The van der Waals surface area contributed by atoms with Gasteiger partial charge in [-0.1, -0.05) is 17.7 Å². The number of amides is 1. The van der Waals surface area contributed by atoms with Gasteiger partial charge in [0.25, 0.3) is 5.91 Å². The first-order valence-corrected chi connectivity index (χ1v) is 11.3. The maximum Gasteiger partial charge on any atom is 0.337 e. The highest BCUT2D eigenvalue weighted by atomic mass is 35.5. The van der Waals surface area contributed by atoms with Gasteiger partial charge in [-0.25, -0.2) is 9.18 Å². The number of nitrogens with zero attached hydrogens (tertiary/aromatic N) is 2. The summed E-state index contributed by atoms with van der Waals surface area (Å²) in [6.07, 6.45) is 0. The number of furan rings is 1. The van der Waals surface area contributed by atoms with E-state index in [9.17, 15) is 14.0 Å². The zero-order chi connectivity index (χ0) is 25.8. The fraction of sp³-hybridized carbons (Fsp3) is 0.192. The van der Waals surface area contributed by atoms with Gasteiger partial charge in [0.1, 0.15) is 23.9 Å². The number of hydrogen-bond donors (Lipinski definition) is 1. The van der Waals surface area contributed by atoms with E-state index in [0.29, 0.717) is 51.3 Å². The molecule has 0 bridgehead atoms. The number of benzene rings is 2. The van der Waals surface area contributed by atoms with E-state index >= 15 is 0 Å². The van der Waals surface area contributed by atoms with Gasteiger partial charge in [0.2, 0.25) is 0 Å². The first-order chi connectivity index (χ1) is 17.2. The van der Waals surface area contributed by atoms with Gasteiger partial charge in [0.15, 0.2) is 5.76 Å². The summed E-state index contributed by atoms with van der Waals surface area (Å²) in [5.74, 6) is -0.183. The van der Waals surface area contributed by atoms with E-state index in [1.807, 2.05) is 6.92 Å². The van der Waals surface area contributed by atoms with Crippen molar-refractivity contribution in [2.45, 2.75) is 27.0 Å². The van der Waals surface area contributed by atoms with Gasteiger partial charge >= 0.3 is 5.97 Å². The predicted octanol–water partition coefficient (Wildman–Crippen LogP) is 5.55. The molecule has 2 aromatic heterocycles. The number of anilines is 1. The molecular formula is C26H23ClFN3O5. The number of aromatic nitrogens is 2. The van der Waals surface area contributed by atoms with Crippen LogP contribution >= 0.6 is 11.6 Å². The summed E-state index contributed by atoms with van der Waals surface area (Å²) in [7, 11) is 1.32. The molecule has 1 amide bonds. The average Bonchev–Trinajstić information content (AvgIpc) is 3.44. The molecule has 4 rings (SSSR count). The lowest BCUT2D eigenvalue weighted by molar-refractivity contribution is 0.0600. The summed E-state index contributed by atoms with van der Waals surface area (Å²) in [5, 5.41) is 7.62. The normalized spacial score (nSPS) is 10.8. The molecule has 36 heavy (non-hydrogen) atoms. The lowest BCUT2D eigenvalue weighted by atomic mass is 10.2. The molecule has 0 atom stereocenters. The molecule has 0 saturated carbocycles. The standard InChI is InChI=1S/C26H23ClFN3O5/c1-15-24(16(2)31(30-15)13-18-4-7-19(28)12-22(18)27)29-25(32)23-11-10-21(36-23)14-35-20-8-5-17(6-9-20)26(33)34-3/h4-12H,13-14H2,1-3H3,(H,29,32). The summed E-state index contributed by atoms with van der Waals surface area (Å²) in [5.41, 5.74) is 3.00. The van der Waals surface area contributed by atoms with E-state index in [0.717, 1.165) is 0 Å². The summed E-state index contributed by atoms with van der Waals surface area (Å²) in [6, 6.07) is 13.9. The van der Waals surface area contributed by atoms with Crippen LogP contribution in [0.2, 0.25) is 5.02 Å². The fourth-order valence-corrected chi connectivity index (χ4v) is 3.78. The molecule has 0 aliphatic heterocycles. The monoisotopic (exact) mass is 511 g/mol. The van der Waals surface area contributed by atoms with Crippen molar-refractivity contribution >= 4 is 29.2 Å². The van der Waals surface area contributed by atoms with Crippen LogP contribution in [0.4, 0.5) is 10.1 Å². The summed E-state index contributed by atoms with van der Waals surface area (Å²) in [6.45, 7) is 4.02. The molecule has 4 aromatic rings. The molecule has 0 radical (unpaired) electrons. The smallest absolute Gasteiger partial charge is 0.337 e. The highest BCUT2D eigenvalue weighted by Gasteiger charge is 2.18. The lowest BCUT2D eigenvalue weighted by Gasteiger charge is -2.08. The fourth-order valence-electron chi connectivity index (χ4n) is 3.56. The van der Waals surface area contributed by atoms with Gasteiger partial charge in [0.05, 0.1) is 36.3 Å². The summed E-state index contributed by atoms with van der Waals surface area (Å²) >= 11 is 6.14. The van der Waals surface area contributed by atoms with Crippen molar-refractivity contribution in [3.05, 3.63) is 99.5 Å². The van der Waals surface area contributed by atoms with Gasteiger partial charge in [-0.05, 0) is 67.9 Å². The van der Waals surface area contributed by atoms with Crippen LogP contribution in [0.5, 0.6) is 5.75 Å². The van der Waals surface area contributed by atoms with Crippen LogP contribution in [-0.4, -0.2) is 28.8 Å². The summed E-state index contributed by atoms with van der Waals surface area (Å²) < 4.78 is 31.0. The van der Waals surface area contributed by atoms with Gasteiger partial charge in [-0.2, -0.15) is 5.10 Å². The molecule has 2 heterocycles. The number of esters is 1. The molecule has 1 N–H and O–H groups in total. The number of ether oxygens (including phenoxy) is 2. The maximum absolute atomic E-state index is 13.3. The topological polar surface area (TPSA) is 95.6 Å². The average molecular weight is 512 g/mol. The van der Waals surface area contributed by atoms with Crippen molar-refractivity contribution < 1.29 is 27.9 Å². The van der Waals surface area contributed by atoms with Gasteiger partial charge in [0, 0.05) is 5.02 Å². The first kappa shape index (κ1) is 25.0. The second-order valence-electron chi connectivity index (χ2n) is 7.96. The van der Waals surface area contributed by atoms with Gasteiger partial charge in [-0.3, -0.25) is 9.48 Å². The second kappa shape index (κ2) is 10.7. The predicted molar refractivity (Wildman–Crippen MR) is 131 cm³/mol. The van der Waals surface area contributed by atoms with E-state index in [1.54, 1.807) is 54.1 Å². The number of methoxy groups -OCH3 is 1. The van der Waals surface area contributed by atoms with Crippen molar-refractivity contribution in [2.75, 3.05) is 12.4 Å². The molecule has 0 unspecified atom stereocenters. The number of carbonyl (C=O) groups excluding carboxylic acids is 2. The van der Waals surface area contributed by atoms with Gasteiger partial charge < -0.3 is 19.2 Å². The highest BCUT2D eigenvalue weighted by molar-refractivity contribution is 6.31. The minimum Gasteiger partial charge on any atom is -0.486 e. The maximum atomic E-state index is 13.3. The second-order valence-corrected chi connectivity index (χ2v) is 8.37. The van der Waals surface area contributed by atoms with Crippen LogP contribution < -0.4 is 10.1 Å². The minimum absolute atomic E-state index is 0.0965. The van der Waals surface area contributed by atoms with Crippen LogP contribution in [0, 0.1) is 19.7 Å². The number of halogens is 2. The Morgan fingerprint density at radius 1 is 1.11 bits per heavy atom. The van der Waals surface area contributed by atoms with Crippen LogP contribution in [-0.2, 0) is 17.9 Å². The number of rotatable bonds is 8. The molecule has 0 spiro atoms. The Labute approximate surface area is 211 Å². The van der Waals surface area contributed by atoms with E-state index in [-0.39, 0.29) is 12.4 Å². The Morgan fingerprint density at radius 3 is 2.56 bits per heavy atom. The number of hydrogen-bond acceptors (Lipinski definition) is 6. The SMILES string of the molecule is COC(=O)c1ccc(OCc2ccc(C(=O)Nc3c(C)nn(Cc4ccc(F)cc4Cl)c3C)o2)cc1. The van der Waals surface area contributed by atoms with Crippen molar-refractivity contribution in [3.8, 4) is 5.75 Å². The Hall–Kier alpha value is -4.11. The highest BCUT2D eigenvalue weighted by Crippen LogP contribution is 2.24. The van der Waals surface area contributed by atoms with Crippen molar-refractivity contribution in [2.24, 2.45) is 0 Å². The number of carbonyl (C=O) groups is 2. The van der Waals surface area contributed by atoms with E-state index in [4.69, 9.17) is 20.8 Å². The van der Waals surface area contributed by atoms with Crippen LogP contribution in [0.25, 0.3) is 0 Å². The van der Waals surface area contributed by atoms with Crippen molar-refractivity contribution in [3.63, 3.8) is 0 Å². The molecule has 0 fully saturated rings. The zero-order valence-corrected chi connectivity index (χ0v) is 20.6. The molecule has 0 saturated heterocycles. The zero-order valence-electron chi connectivity index (χ0n) is 19.8. The van der Waals surface area contributed by atoms with Crippen LogP contribution in [0.3, 0.4) is 0 Å². The number of aryl methyl sites for hydroxylation is 1. The van der Waals surface area contributed by atoms with Crippen molar-refractivity contribution in [1.82, 2.24) is 9.78 Å². The molecule has 186 valence electrons. The molecule has 0 aliphatic rings. The molecule has 10 heteroatoms. The Morgan fingerprint density at radius 2 is 1.86 bits per heavy atom. The Balaban J connectivity index is 1.39. The van der Waals surface area contributed by atoms with E-state index in [1.165, 1.54) is 19.2 Å². The Kier molecular flexibility index (Phi) is 7.40. The van der Waals surface area contributed by atoms with Crippen molar-refractivity contribution in [1.29, 1.82) is 0 Å². The van der Waals surface area contributed by atoms with E-state index < -0.39 is 17.7 Å². The lowest BCUT2D eigenvalue weighted by Crippen LogP contribution is -2.12. The Bertz CT molecular complexity index is 1410. The minimum atomic E-state index is -0.436. The molecular weight excluding hydrogens is 489 g/mol. The quantitative estimate of drug-likeness (QED) is 0.311. The summed E-state index contributed by atoms with van der Waals surface area (Å²) in [4.78, 5) is 24.3. The van der Waals surface area contributed by atoms with Crippen LogP contribution in [0.15, 0.2) is 59.0 Å². The van der Waals surface area contributed by atoms with Crippen LogP contribution in [0.1, 0.15) is 43.6 Å². The third kappa shape index (κ3) is 5.58. The molecule has 8 nitrogen and oxygen atoms in total. The first-order valence-electron chi connectivity index (χ1n) is 10.9. The third-order valence-corrected chi connectivity index (χ3v) is 5.85. The molecule has 0 aliphatic carbocycles.